The van der Waals surface area contributed by atoms with Crippen molar-refractivity contribution in [2.24, 2.45) is 0 Å². The molecule has 0 saturated carbocycles. The zero-order chi connectivity index (χ0) is 13.1. The molecule has 0 spiro atoms. The Morgan fingerprint density at radius 3 is 2.28 bits per heavy atom. The number of para-hydroxylation sites is 1. The van der Waals surface area contributed by atoms with Crippen molar-refractivity contribution in [3.63, 3.8) is 0 Å². The second-order valence-corrected chi connectivity index (χ2v) is 4.35. The summed E-state index contributed by atoms with van der Waals surface area (Å²) in [6, 6.07) is 8.02. The molecule has 1 saturated heterocycles. The van der Waals surface area contributed by atoms with E-state index in [0.29, 0.717) is 26.2 Å². The zero-order valence-electron chi connectivity index (χ0n) is 10.3. The number of hydrogen-bond acceptors (Lipinski definition) is 4. The van der Waals surface area contributed by atoms with E-state index in [1.807, 2.05) is 31.2 Å². The highest BCUT2D eigenvalue weighted by atomic mass is 16.4. The van der Waals surface area contributed by atoms with Crippen molar-refractivity contribution >= 4 is 17.6 Å². The van der Waals surface area contributed by atoms with Crippen LogP contribution in [0.15, 0.2) is 24.3 Å². The van der Waals surface area contributed by atoms with Gasteiger partial charge in [0, 0.05) is 31.9 Å². The van der Waals surface area contributed by atoms with Crippen molar-refractivity contribution in [3.05, 3.63) is 29.8 Å². The van der Waals surface area contributed by atoms with Gasteiger partial charge in [0.15, 0.2) is 0 Å². The van der Waals surface area contributed by atoms with Gasteiger partial charge in [-0.2, -0.15) is 0 Å². The van der Waals surface area contributed by atoms with E-state index in [-0.39, 0.29) is 0 Å². The van der Waals surface area contributed by atoms with Gasteiger partial charge in [0.1, 0.15) is 5.97 Å². The molecule has 0 aromatic heterocycles. The summed E-state index contributed by atoms with van der Waals surface area (Å²) in [5, 5.41) is 10.5. The second-order valence-electron chi connectivity index (χ2n) is 4.35. The first-order valence-corrected chi connectivity index (χ1v) is 5.90. The Morgan fingerprint density at radius 1 is 1.11 bits per heavy atom. The van der Waals surface area contributed by atoms with Crippen molar-refractivity contribution in [1.82, 2.24) is 4.90 Å². The van der Waals surface area contributed by atoms with Gasteiger partial charge in [-0.3, -0.25) is 4.79 Å². The molecular weight excluding hydrogens is 232 g/mol. The molecule has 1 aliphatic heterocycles. The zero-order valence-corrected chi connectivity index (χ0v) is 10.3. The van der Waals surface area contributed by atoms with E-state index in [9.17, 15) is 14.7 Å². The number of aryl methyl sites for hydroxylation is 1. The molecule has 96 valence electrons. The van der Waals surface area contributed by atoms with Crippen molar-refractivity contribution < 1.29 is 14.7 Å². The summed E-state index contributed by atoms with van der Waals surface area (Å²) in [7, 11) is 0. The number of piperazine rings is 1. The maximum absolute atomic E-state index is 11.3. The minimum Gasteiger partial charge on any atom is -0.540 e. The number of carboxylic acids is 1. The quantitative estimate of drug-likeness (QED) is 0.621. The fraction of sp³-hybridized carbons (Fsp3) is 0.385. The van der Waals surface area contributed by atoms with Crippen LogP contribution in [0.3, 0.4) is 0 Å². The lowest BCUT2D eigenvalue weighted by Crippen LogP contribution is -2.53. The van der Waals surface area contributed by atoms with E-state index in [2.05, 4.69) is 4.90 Å². The summed E-state index contributed by atoms with van der Waals surface area (Å²) in [6.45, 7) is 4.16. The summed E-state index contributed by atoms with van der Waals surface area (Å²) >= 11 is 0. The summed E-state index contributed by atoms with van der Waals surface area (Å²) in [5.74, 6) is -2.54. The molecule has 18 heavy (non-hydrogen) atoms. The molecule has 1 aromatic rings. The number of aliphatic carboxylic acids is 1. The topological polar surface area (TPSA) is 63.7 Å². The van der Waals surface area contributed by atoms with E-state index < -0.39 is 11.9 Å². The monoisotopic (exact) mass is 247 g/mol. The Bertz CT molecular complexity index is 465. The van der Waals surface area contributed by atoms with Gasteiger partial charge in [-0.1, -0.05) is 18.2 Å². The minimum absolute atomic E-state index is 0.418. The Kier molecular flexibility index (Phi) is 3.50. The molecule has 1 aliphatic rings. The highest BCUT2D eigenvalue weighted by Gasteiger charge is 2.22. The van der Waals surface area contributed by atoms with Gasteiger partial charge in [-0.25, -0.2) is 0 Å². The molecule has 0 unspecified atom stereocenters. The maximum atomic E-state index is 11.3. The fourth-order valence-electron chi connectivity index (χ4n) is 2.20. The molecule has 0 N–H and O–H groups in total. The van der Waals surface area contributed by atoms with Crippen LogP contribution in [-0.4, -0.2) is 43.0 Å². The molecule has 1 amide bonds. The number of rotatable bonds is 1. The Morgan fingerprint density at radius 2 is 1.72 bits per heavy atom. The lowest BCUT2D eigenvalue weighted by Gasteiger charge is -2.36. The summed E-state index contributed by atoms with van der Waals surface area (Å²) in [4.78, 5) is 25.2. The standard InChI is InChI=1S/C13H16N2O3/c1-10-4-2-3-5-11(10)14-6-8-15(9-7-14)12(16)13(17)18/h2-5H,6-9H2,1H3,(H,17,18)/p-1. The number of carbonyl (C=O) groups excluding carboxylic acids is 2. The number of hydrogen-bond donors (Lipinski definition) is 0. The molecule has 0 atom stereocenters. The first-order valence-electron chi connectivity index (χ1n) is 5.90. The number of amides is 1. The predicted molar refractivity (Wildman–Crippen MR) is 65.0 cm³/mol. The number of anilines is 1. The molecule has 0 aliphatic carbocycles. The molecule has 5 heteroatoms. The van der Waals surface area contributed by atoms with Gasteiger partial charge >= 0.3 is 0 Å². The molecule has 0 bridgehead atoms. The van der Waals surface area contributed by atoms with Gasteiger partial charge in [-0.15, -0.1) is 0 Å². The van der Waals surface area contributed by atoms with Gasteiger partial charge in [0.25, 0.3) is 5.91 Å². The van der Waals surface area contributed by atoms with Crippen LogP contribution in [0.25, 0.3) is 0 Å². The largest absolute Gasteiger partial charge is 0.540 e. The summed E-state index contributed by atoms with van der Waals surface area (Å²) < 4.78 is 0. The summed E-state index contributed by atoms with van der Waals surface area (Å²) in [5.41, 5.74) is 2.32. The van der Waals surface area contributed by atoms with Crippen LogP contribution in [0.5, 0.6) is 0 Å². The lowest BCUT2D eigenvalue weighted by molar-refractivity contribution is -0.301. The van der Waals surface area contributed by atoms with Gasteiger partial charge in [0.2, 0.25) is 0 Å². The molecule has 1 fully saturated rings. The fourth-order valence-corrected chi connectivity index (χ4v) is 2.20. The Labute approximate surface area is 106 Å². The molecule has 1 aromatic carbocycles. The molecule has 5 nitrogen and oxygen atoms in total. The van der Waals surface area contributed by atoms with E-state index in [4.69, 9.17) is 0 Å². The highest BCUT2D eigenvalue weighted by Crippen LogP contribution is 2.20. The average Bonchev–Trinajstić information content (AvgIpc) is 2.38. The molecule has 1 heterocycles. The lowest BCUT2D eigenvalue weighted by atomic mass is 10.1. The van der Waals surface area contributed by atoms with Gasteiger partial charge in [-0.05, 0) is 18.6 Å². The molecular formula is C13H15N2O3-. The van der Waals surface area contributed by atoms with Crippen LogP contribution < -0.4 is 10.0 Å². The molecule has 0 radical (unpaired) electrons. The first kappa shape index (κ1) is 12.4. The third kappa shape index (κ3) is 2.45. The van der Waals surface area contributed by atoms with Crippen molar-refractivity contribution in [3.8, 4) is 0 Å². The second kappa shape index (κ2) is 5.08. The van der Waals surface area contributed by atoms with E-state index in [0.717, 1.165) is 5.69 Å². The van der Waals surface area contributed by atoms with Crippen molar-refractivity contribution in [1.29, 1.82) is 0 Å². The Hall–Kier alpha value is -2.04. The average molecular weight is 247 g/mol. The summed E-state index contributed by atoms with van der Waals surface area (Å²) in [6.07, 6.45) is 0. The van der Waals surface area contributed by atoms with E-state index in [1.54, 1.807) is 0 Å². The number of carbonyl (C=O) groups is 2. The van der Waals surface area contributed by atoms with Crippen LogP contribution >= 0.6 is 0 Å². The van der Waals surface area contributed by atoms with Crippen LogP contribution in [0, 0.1) is 6.92 Å². The Balaban J connectivity index is 2.01. The smallest absolute Gasteiger partial charge is 0.269 e. The minimum atomic E-state index is -1.63. The van der Waals surface area contributed by atoms with Crippen LogP contribution in [0.2, 0.25) is 0 Å². The number of carboxylic acid groups (broad SMARTS) is 1. The maximum Gasteiger partial charge on any atom is 0.269 e. The van der Waals surface area contributed by atoms with E-state index >= 15 is 0 Å². The third-order valence-corrected chi connectivity index (χ3v) is 3.20. The van der Waals surface area contributed by atoms with Crippen molar-refractivity contribution in [2.45, 2.75) is 6.92 Å². The van der Waals surface area contributed by atoms with E-state index in [1.165, 1.54) is 10.5 Å². The predicted octanol–water partition coefficient (Wildman–Crippen LogP) is -0.606. The number of nitrogens with zero attached hydrogens (tertiary/aromatic N) is 2. The number of benzene rings is 1. The van der Waals surface area contributed by atoms with Crippen LogP contribution in [0.1, 0.15) is 5.56 Å². The highest BCUT2D eigenvalue weighted by molar-refractivity contribution is 6.30. The third-order valence-electron chi connectivity index (χ3n) is 3.20. The van der Waals surface area contributed by atoms with Crippen LogP contribution in [-0.2, 0) is 9.59 Å². The normalized spacial score (nSPS) is 15.6. The van der Waals surface area contributed by atoms with Crippen LogP contribution in [0.4, 0.5) is 5.69 Å². The SMILES string of the molecule is Cc1ccccc1N1CCN(C(=O)C(=O)[O-])CC1. The first-order chi connectivity index (χ1) is 8.59. The van der Waals surface area contributed by atoms with Crippen molar-refractivity contribution in [2.75, 3.05) is 31.1 Å². The van der Waals surface area contributed by atoms with Gasteiger partial charge < -0.3 is 19.7 Å². The van der Waals surface area contributed by atoms with Gasteiger partial charge in [0.05, 0.1) is 0 Å². The molecule has 2 rings (SSSR count).